The van der Waals surface area contributed by atoms with Crippen LogP contribution in [0.4, 0.5) is 13.2 Å². The highest BCUT2D eigenvalue weighted by Gasteiger charge is 2.46. The van der Waals surface area contributed by atoms with Gasteiger partial charge in [-0.25, -0.2) is 21.6 Å². The van der Waals surface area contributed by atoms with E-state index < -0.39 is 38.4 Å². The molecule has 2 aromatic carbocycles. The molecule has 0 bridgehead atoms. The van der Waals surface area contributed by atoms with Crippen molar-refractivity contribution in [1.29, 1.82) is 0 Å². The number of aryl methyl sites for hydroxylation is 1. The van der Waals surface area contributed by atoms with Gasteiger partial charge in [-0.05, 0) is 48.9 Å². The monoisotopic (exact) mass is 367 g/mol. The third-order valence-corrected chi connectivity index (χ3v) is 6.85. The van der Waals surface area contributed by atoms with E-state index in [2.05, 4.69) is 0 Å². The number of benzene rings is 2. The summed E-state index contributed by atoms with van der Waals surface area (Å²) in [5.41, 5.74) is 1.97. The first-order chi connectivity index (χ1) is 11.9. The number of hydrogen-bond acceptors (Lipinski definition) is 2. The van der Waals surface area contributed by atoms with Gasteiger partial charge in [-0.15, -0.1) is 0 Å². The van der Waals surface area contributed by atoms with E-state index >= 15 is 0 Å². The third kappa shape index (κ3) is 2.66. The highest BCUT2D eigenvalue weighted by atomic mass is 32.2. The van der Waals surface area contributed by atoms with Crippen molar-refractivity contribution < 1.29 is 21.6 Å². The zero-order valence-electron chi connectivity index (χ0n) is 13.3. The summed E-state index contributed by atoms with van der Waals surface area (Å²) in [5, 5.41) is 0. The van der Waals surface area contributed by atoms with Crippen LogP contribution in [0.1, 0.15) is 36.4 Å². The maximum absolute atomic E-state index is 14.2. The van der Waals surface area contributed by atoms with Gasteiger partial charge in [0, 0.05) is 6.04 Å². The van der Waals surface area contributed by atoms with E-state index in [1.165, 1.54) is 4.31 Å². The highest BCUT2D eigenvalue weighted by Crippen LogP contribution is 2.45. The van der Waals surface area contributed by atoms with Crippen molar-refractivity contribution in [2.45, 2.75) is 42.7 Å². The van der Waals surface area contributed by atoms with Gasteiger partial charge in [0.1, 0.15) is 4.90 Å². The van der Waals surface area contributed by atoms with E-state index in [0.717, 1.165) is 23.6 Å². The number of fused-ring (bicyclic) bond motifs is 1. The molecular weight excluding hydrogens is 351 g/mol. The molecule has 0 amide bonds. The van der Waals surface area contributed by atoms with E-state index in [4.69, 9.17) is 0 Å². The summed E-state index contributed by atoms with van der Waals surface area (Å²) in [6.07, 6.45) is 2.70. The molecule has 4 rings (SSSR count). The second-order valence-corrected chi connectivity index (χ2v) is 8.30. The van der Waals surface area contributed by atoms with Crippen molar-refractivity contribution in [3.8, 4) is 0 Å². The SMILES string of the molecule is O=S(=O)(c1ccc(F)c(F)c1F)N(C1CC1)[C@@H]1CCc2ccccc21. The molecule has 0 N–H and O–H groups in total. The highest BCUT2D eigenvalue weighted by molar-refractivity contribution is 7.89. The normalized spacial score (nSPS) is 20.1. The van der Waals surface area contributed by atoms with Crippen molar-refractivity contribution in [2.24, 2.45) is 0 Å². The zero-order chi connectivity index (χ0) is 17.8. The van der Waals surface area contributed by atoms with Crippen molar-refractivity contribution in [3.05, 3.63) is 65.0 Å². The molecule has 2 aliphatic rings. The molecule has 1 atom stereocenters. The molecule has 1 saturated carbocycles. The Morgan fingerprint density at radius 1 is 0.920 bits per heavy atom. The van der Waals surface area contributed by atoms with Crippen LogP contribution in [0.25, 0.3) is 0 Å². The Morgan fingerprint density at radius 3 is 2.36 bits per heavy atom. The molecule has 3 nitrogen and oxygen atoms in total. The van der Waals surface area contributed by atoms with Crippen molar-refractivity contribution in [3.63, 3.8) is 0 Å². The number of halogens is 3. The maximum atomic E-state index is 14.2. The first-order valence-electron chi connectivity index (χ1n) is 8.16. The van der Waals surface area contributed by atoms with Gasteiger partial charge < -0.3 is 0 Å². The minimum absolute atomic E-state index is 0.228. The predicted molar refractivity (Wildman–Crippen MR) is 85.9 cm³/mol. The Hall–Kier alpha value is -1.86. The average Bonchev–Trinajstić information content (AvgIpc) is 3.32. The van der Waals surface area contributed by atoms with Crippen molar-refractivity contribution >= 4 is 10.0 Å². The Kier molecular flexibility index (Phi) is 3.88. The summed E-state index contributed by atoms with van der Waals surface area (Å²) in [5.74, 6) is -4.82. The van der Waals surface area contributed by atoms with Crippen LogP contribution in [-0.4, -0.2) is 18.8 Å². The third-order valence-electron chi connectivity index (χ3n) is 4.87. The maximum Gasteiger partial charge on any atom is 0.246 e. The first-order valence-corrected chi connectivity index (χ1v) is 9.60. The van der Waals surface area contributed by atoms with Crippen LogP contribution in [0, 0.1) is 17.5 Å². The zero-order valence-corrected chi connectivity index (χ0v) is 14.1. The summed E-state index contributed by atoms with van der Waals surface area (Å²) < 4.78 is 68.4. The molecule has 2 aliphatic carbocycles. The van der Waals surface area contributed by atoms with Crippen LogP contribution in [0.5, 0.6) is 0 Å². The van der Waals surface area contributed by atoms with Gasteiger partial charge in [0.25, 0.3) is 0 Å². The molecule has 0 radical (unpaired) electrons. The molecule has 0 aliphatic heterocycles. The molecule has 25 heavy (non-hydrogen) atoms. The molecule has 1 fully saturated rings. The standard InChI is InChI=1S/C18H16F3NO2S/c19-14-8-10-16(18(21)17(14)20)25(23,24)22(12-6-7-12)15-9-5-11-3-1-2-4-13(11)15/h1-4,8,10,12,15H,5-7,9H2/t15-/m1/s1. The summed E-state index contributed by atoms with van der Waals surface area (Å²) in [7, 11) is -4.28. The van der Waals surface area contributed by atoms with Gasteiger partial charge in [0.05, 0.1) is 6.04 Å². The van der Waals surface area contributed by atoms with Crippen molar-refractivity contribution in [2.75, 3.05) is 0 Å². The lowest BCUT2D eigenvalue weighted by atomic mass is 10.1. The summed E-state index contributed by atoms with van der Waals surface area (Å²) >= 11 is 0. The van der Waals surface area contributed by atoms with Crippen LogP contribution in [0.15, 0.2) is 41.3 Å². The molecule has 0 saturated heterocycles. The van der Waals surface area contributed by atoms with Gasteiger partial charge in [-0.3, -0.25) is 0 Å². The van der Waals surface area contributed by atoms with Gasteiger partial charge in [0.2, 0.25) is 10.0 Å². The fourth-order valence-electron chi connectivity index (χ4n) is 3.57. The topological polar surface area (TPSA) is 37.4 Å². The van der Waals surface area contributed by atoms with E-state index in [-0.39, 0.29) is 6.04 Å². The van der Waals surface area contributed by atoms with Gasteiger partial charge in [0.15, 0.2) is 17.5 Å². The van der Waals surface area contributed by atoms with E-state index in [9.17, 15) is 21.6 Å². The van der Waals surface area contributed by atoms with Gasteiger partial charge >= 0.3 is 0 Å². The number of sulfonamides is 1. The van der Waals surface area contributed by atoms with E-state index in [1.54, 1.807) is 0 Å². The second kappa shape index (κ2) is 5.85. The van der Waals surface area contributed by atoms with Crippen LogP contribution in [-0.2, 0) is 16.4 Å². The first kappa shape index (κ1) is 16.6. The lowest BCUT2D eigenvalue weighted by molar-refractivity contribution is 0.311. The summed E-state index contributed by atoms with van der Waals surface area (Å²) in [6, 6.07) is 8.39. The molecule has 0 aromatic heterocycles. The van der Waals surface area contributed by atoms with Crippen LogP contribution >= 0.6 is 0 Å². The van der Waals surface area contributed by atoms with Crippen LogP contribution in [0.3, 0.4) is 0 Å². The molecule has 2 aromatic rings. The van der Waals surface area contributed by atoms with Crippen LogP contribution in [0.2, 0.25) is 0 Å². The molecule has 132 valence electrons. The minimum Gasteiger partial charge on any atom is -0.207 e. The van der Waals surface area contributed by atoms with Crippen molar-refractivity contribution in [1.82, 2.24) is 4.31 Å². The fourth-order valence-corrected chi connectivity index (χ4v) is 5.51. The lowest BCUT2D eigenvalue weighted by Gasteiger charge is -2.29. The second-order valence-electron chi connectivity index (χ2n) is 6.49. The number of nitrogens with zero attached hydrogens (tertiary/aromatic N) is 1. The number of hydrogen-bond donors (Lipinski definition) is 0. The van der Waals surface area contributed by atoms with Gasteiger partial charge in [-0.2, -0.15) is 4.31 Å². The Labute approximate surface area is 144 Å². The lowest BCUT2D eigenvalue weighted by Crippen LogP contribution is -2.36. The smallest absolute Gasteiger partial charge is 0.207 e. The van der Waals surface area contributed by atoms with E-state index in [0.29, 0.717) is 25.3 Å². The quantitative estimate of drug-likeness (QED) is 0.768. The molecular formula is C18H16F3NO2S. The number of rotatable bonds is 4. The van der Waals surface area contributed by atoms with E-state index in [1.807, 2.05) is 24.3 Å². The minimum atomic E-state index is -4.28. The largest absolute Gasteiger partial charge is 0.246 e. The molecule has 0 spiro atoms. The predicted octanol–water partition coefficient (Wildman–Crippen LogP) is 3.94. The summed E-state index contributed by atoms with van der Waals surface area (Å²) in [4.78, 5) is -0.803. The fraction of sp³-hybridized carbons (Fsp3) is 0.333. The van der Waals surface area contributed by atoms with Gasteiger partial charge in [-0.1, -0.05) is 24.3 Å². The Morgan fingerprint density at radius 2 is 1.64 bits per heavy atom. The molecule has 7 heteroatoms. The Balaban J connectivity index is 1.81. The Bertz CT molecular complexity index is 941. The van der Waals surface area contributed by atoms with Crippen LogP contribution < -0.4 is 0 Å². The molecule has 0 heterocycles. The average molecular weight is 367 g/mol. The molecule has 0 unspecified atom stereocenters. The summed E-state index contributed by atoms with van der Waals surface area (Å²) in [6.45, 7) is 0.